The Morgan fingerprint density at radius 1 is 1.22 bits per heavy atom. The van der Waals surface area contributed by atoms with Gasteiger partial charge in [-0.3, -0.25) is 0 Å². The number of aliphatic hydroxyl groups is 1. The molecule has 2 aromatic heterocycles. The van der Waals surface area contributed by atoms with Crippen LogP contribution in [-0.4, -0.2) is 46.0 Å². The highest BCUT2D eigenvalue weighted by Gasteiger charge is 2.20. The van der Waals surface area contributed by atoms with E-state index in [9.17, 15) is 5.11 Å². The quantitative estimate of drug-likeness (QED) is 0.688. The number of aliphatic hydroxyl groups excluding tert-OH is 1. The third-order valence-corrected chi connectivity index (χ3v) is 5.85. The van der Waals surface area contributed by atoms with Crippen molar-refractivity contribution in [2.45, 2.75) is 26.9 Å². The Bertz CT molecular complexity index is 980. The van der Waals surface area contributed by atoms with Gasteiger partial charge in [0, 0.05) is 25.6 Å². The number of rotatable bonds is 4. The number of halogens is 1. The minimum atomic E-state index is -0.108. The molecule has 3 aromatic rings. The fourth-order valence-electron chi connectivity index (χ4n) is 3.50. The van der Waals surface area contributed by atoms with Crippen LogP contribution in [0.25, 0.3) is 5.65 Å². The molecule has 142 valence electrons. The van der Waals surface area contributed by atoms with Crippen LogP contribution in [0, 0.1) is 13.8 Å². The van der Waals surface area contributed by atoms with Crippen molar-refractivity contribution in [3.05, 3.63) is 56.8 Å². The molecule has 1 saturated heterocycles. The van der Waals surface area contributed by atoms with Crippen LogP contribution in [0.15, 0.2) is 28.7 Å². The van der Waals surface area contributed by atoms with Crippen LogP contribution in [0.3, 0.4) is 0 Å². The molecule has 27 heavy (non-hydrogen) atoms. The predicted octanol–water partition coefficient (Wildman–Crippen LogP) is 3.03. The van der Waals surface area contributed by atoms with Gasteiger partial charge in [0.1, 0.15) is 0 Å². The lowest BCUT2D eigenvalue weighted by atomic mass is 9.99. The smallest absolute Gasteiger partial charge is 0.168 e. The lowest BCUT2D eigenvalue weighted by Crippen LogP contribution is -2.37. The maximum atomic E-state index is 9.88. The number of aryl methyl sites for hydroxylation is 1. The lowest BCUT2D eigenvalue weighted by molar-refractivity contribution is 0.122. The van der Waals surface area contributed by atoms with E-state index < -0.39 is 0 Å². The Morgan fingerprint density at radius 2 is 2.00 bits per heavy atom. The maximum absolute atomic E-state index is 9.88. The number of hydrogen-bond acceptors (Lipinski definition) is 5. The molecule has 3 heterocycles. The van der Waals surface area contributed by atoms with E-state index in [1.54, 1.807) is 0 Å². The maximum Gasteiger partial charge on any atom is 0.168 e. The molecule has 7 heteroatoms. The lowest BCUT2D eigenvalue weighted by Gasteiger charge is -2.27. The first kappa shape index (κ1) is 18.4. The third kappa shape index (κ3) is 3.47. The molecule has 0 aliphatic carbocycles. The van der Waals surface area contributed by atoms with Crippen molar-refractivity contribution in [2.75, 3.05) is 31.2 Å². The summed E-state index contributed by atoms with van der Waals surface area (Å²) in [6.45, 7) is 7.19. The summed E-state index contributed by atoms with van der Waals surface area (Å²) in [5, 5.41) is 14.7. The summed E-state index contributed by atoms with van der Waals surface area (Å²) in [5.74, 6) is 0.891. The minimum absolute atomic E-state index is 0.108. The van der Waals surface area contributed by atoms with Gasteiger partial charge in [-0.1, -0.05) is 18.2 Å². The van der Waals surface area contributed by atoms with E-state index >= 15 is 0 Å². The number of hydrogen-bond donors (Lipinski definition) is 1. The average molecular weight is 431 g/mol. The summed E-state index contributed by atoms with van der Waals surface area (Å²) in [6.07, 6.45) is 0.677. The first-order valence-electron chi connectivity index (χ1n) is 9.14. The van der Waals surface area contributed by atoms with E-state index in [0.29, 0.717) is 25.3 Å². The number of imidazole rings is 1. The van der Waals surface area contributed by atoms with Gasteiger partial charge in [0.25, 0.3) is 0 Å². The first-order chi connectivity index (χ1) is 13.1. The molecule has 6 nitrogen and oxygen atoms in total. The van der Waals surface area contributed by atoms with Gasteiger partial charge in [0.05, 0.1) is 35.7 Å². The molecule has 0 saturated carbocycles. The van der Waals surface area contributed by atoms with Gasteiger partial charge in [-0.25, -0.2) is 9.50 Å². The normalized spacial score (nSPS) is 14.9. The van der Waals surface area contributed by atoms with Crippen molar-refractivity contribution < 1.29 is 9.84 Å². The third-order valence-electron chi connectivity index (χ3n) is 5.26. The molecule has 0 radical (unpaired) electrons. The monoisotopic (exact) mass is 430 g/mol. The van der Waals surface area contributed by atoms with Gasteiger partial charge in [-0.2, -0.15) is 0 Å². The topological polar surface area (TPSA) is 62.9 Å². The molecule has 0 spiro atoms. The Kier molecular flexibility index (Phi) is 5.16. The Labute approximate surface area is 166 Å². The number of anilines is 1. The van der Waals surface area contributed by atoms with E-state index in [1.807, 2.05) is 10.6 Å². The molecule has 1 N–H and O–H groups in total. The van der Waals surface area contributed by atoms with Crippen LogP contribution in [0.5, 0.6) is 0 Å². The standard InChI is InChI=1S/C20H23BrN4O2/c1-13-4-3-5-15(14(13)2)10-18-17(12-26)22-20-16(21)11-19(23-25(18)20)24-6-8-27-9-7-24/h3-5,11,26H,6-10,12H2,1-2H3. The zero-order valence-corrected chi connectivity index (χ0v) is 17.2. The molecule has 1 aliphatic rings. The van der Waals surface area contributed by atoms with Crippen molar-refractivity contribution >= 4 is 27.4 Å². The van der Waals surface area contributed by atoms with E-state index in [2.05, 4.69) is 57.9 Å². The number of morpholine rings is 1. The zero-order valence-electron chi connectivity index (χ0n) is 15.6. The van der Waals surface area contributed by atoms with Crippen LogP contribution in [0.2, 0.25) is 0 Å². The van der Waals surface area contributed by atoms with Gasteiger partial charge >= 0.3 is 0 Å². The van der Waals surface area contributed by atoms with Gasteiger partial charge in [0.15, 0.2) is 11.5 Å². The van der Waals surface area contributed by atoms with Crippen LogP contribution in [0.4, 0.5) is 5.82 Å². The summed E-state index contributed by atoms with van der Waals surface area (Å²) < 4.78 is 8.21. The minimum Gasteiger partial charge on any atom is -0.390 e. The van der Waals surface area contributed by atoms with Crippen molar-refractivity contribution in [3.63, 3.8) is 0 Å². The summed E-state index contributed by atoms with van der Waals surface area (Å²) in [5.41, 5.74) is 6.08. The van der Waals surface area contributed by atoms with Gasteiger partial charge < -0.3 is 14.7 Å². The van der Waals surface area contributed by atoms with Crippen molar-refractivity contribution in [2.24, 2.45) is 0 Å². The van der Waals surface area contributed by atoms with Gasteiger partial charge in [-0.05, 0) is 46.5 Å². The van der Waals surface area contributed by atoms with Crippen LogP contribution in [0.1, 0.15) is 28.1 Å². The molecule has 0 amide bonds. The van der Waals surface area contributed by atoms with Gasteiger partial charge in [-0.15, -0.1) is 5.10 Å². The SMILES string of the molecule is Cc1cccc(Cc2c(CO)nc3c(Br)cc(N4CCOCC4)nn23)c1C. The second-order valence-electron chi connectivity index (χ2n) is 6.88. The number of nitrogens with zero attached hydrogens (tertiary/aromatic N) is 4. The van der Waals surface area contributed by atoms with Crippen LogP contribution < -0.4 is 4.90 Å². The first-order valence-corrected chi connectivity index (χ1v) is 9.93. The van der Waals surface area contributed by atoms with Crippen molar-refractivity contribution in [1.82, 2.24) is 14.6 Å². The molecular weight excluding hydrogens is 408 g/mol. The Morgan fingerprint density at radius 3 is 2.74 bits per heavy atom. The molecular formula is C20H23BrN4O2. The summed E-state index contributed by atoms with van der Waals surface area (Å²) in [6, 6.07) is 8.31. The molecule has 1 aromatic carbocycles. The predicted molar refractivity (Wildman–Crippen MR) is 108 cm³/mol. The zero-order chi connectivity index (χ0) is 19.0. The molecule has 0 atom stereocenters. The average Bonchev–Trinajstić information content (AvgIpc) is 3.04. The molecule has 0 bridgehead atoms. The number of fused-ring (bicyclic) bond motifs is 1. The van der Waals surface area contributed by atoms with E-state index in [0.717, 1.165) is 34.7 Å². The van der Waals surface area contributed by atoms with Gasteiger partial charge in [0.2, 0.25) is 0 Å². The van der Waals surface area contributed by atoms with Crippen molar-refractivity contribution in [1.29, 1.82) is 0 Å². The van der Waals surface area contributed by atoms with E-state index in [4.69, 9.17) is 9.84 Å². The summed E-state index contributed by atoms with van der Waals surface area (Å²) in [7, 11) is 0. The molecule has 1 aliphatic heterocycles. The van der Waals surface area contributed by atoms with Crippen LogP contribution in [-0.2, 0) is 17.8 Å². The highest BCUT2D eigenvalue weighted by molar-refractivity contribution is 9.10. The van der Waals surface area contributed by atoms with Crippen molar-refractivity contribution in [3.8, 4) is 0 Å². The molecule has 4 rings (SSSR count). The fraction of sp³-hybridized carbons (Fsp3) is 0.400. The Hall–Kier alpha value is -1.96. The van der Waals surface area contributed by atoms with Crippen LogP contribution >= 0.6 is 15.9 Å². The number of ether oxygens (including phenoxy) is 1. The molecule has 0 unspecified atom stereocenters. The molecule has 1 fully saturated rings. The summed E-state index contributed by atoms with van der Waals surface area (Å²) >= 11 is 3.64. The fourth-order valence-corrected chi connectivity index (χ4v) is 3.96. The second kappa shape index (κ2) is 7.58. The van der Waals surface area contributed by atoms with E-state index in [1.165, 1.54) is 16.7 Å². The summed E-state index contributed by atoms with van der Waals surface area (Å²) in [4.78, 5) is 6.84. The highest BCUT2D eigenvalue weighted by atomic mass is 79.9. The Balaban J connectivity index is 1.82. The van der Waals surface area contributed by atoms with E-state index in [-0.39, 0.29) is 6.61 Å². The number of benzene rings is 1. The second-order valence-corrected chi connectivity index (χ2v) is 7.74. The number of aromatic nitrogens is 3. The largest absolute Gasteiger partial charge is 0.390 e. The highest BCUT2D eigenvalue weighted by Crippen LogP contribution is 2.27.